The highest BCUT2D eigenvalue weighted by molar-refractivity contribution is 5.86. The highest BCUT2D eigenvalue weighted by Crippen LogP contribution is 2.74. The quantitative estimate of drug-likeness (QED) is 0.596. The molecular formula is C23H30N2O4. The van der Waals surface area contributed by atoms with Crippen LogP contribution in [0.5, 0.6) is 0 Å². The van der Waals surface area contributed by atoms with E-state index in [0.29, 0.717) is 12.8 Å². The van der Waals surface area contributed by atoms with Crippen LogP contribution in [0.25, 0.3) is 0 Å². The lowest BCUT2D eigenvalue weighted by atomic mass is 9.44. The predicted octanol–water partition coefficient (Wildman–Crippen LogP) is 1.66. The van der Waals surface area contributed by atoms with E-state index >= 15 is 0 Å². The van der Waals surface area contributed by atoms with Gasteiger partial charge in [0.25, 0.3) is 0 Å². The third-order valence-corrected chi connectivity index (χ3v) is 8.63. The number of esters is 1. The summed E-state index contributed by atoms with van der Waals surface area (Å²) in [6.07, 6.45) is 3.07. The van der Waals surface area contributed by atoms with Crippen molar-refractivity contribution in [1.29, 1.82) is 0 Å². The molecule has 1 aromatic carbocycles. The van der Waals surface area contributed by atoms with Crippen LogP contribution < -0.4 is 4.90 Å². The molecule has 0 radical (unpaired) electrons. The Morgan fingerprint density at radius 3 is 2.83 bits per heavy atom. The van der Waals surface area contributed by atoms with Gasteiger partial charge < -0.3 is 19.8 Å². The number of rotatable bonds is 3. The van der Waals surface area contributed by atoms with E-state index in [4.69, 9.17) is 4.74 Å². The normalized spacial score (nSPS) is 43.3. The predicted molar refractivity (Wildman–Crippen MR) is 109 cm³/mol. The number of anilines is 1. The number of likely N-dealkylation sites (N-methyl/N-ethyl adjacent to an activating group) is 1. The fourth-order valence-electron chi connectivity index (χ4n) is 7.92. The number of ether oxygens (including phenoxy) is 1. The topological polar surface area (TPSA) is 73.2 Å². The first kappa shape index (κ1) is 19.1. The summed E-state index contributed by atoms with van der Waals surface area (Å²) in [4.78, 5) is 18.3. The lowest BCUT2D eigenvalue weighted by Gasteiger charge is -2.61. The maximum absolute atomic E-state index is 13.7. The van der Waals surface area contributed by atoms with Crippen LogP contribution in [0.1, 0.15) is 31.7 Å². The highest BCUT2D eigenvalue weighted by atomic mass is 16.5. The fourth-order valence-corrected chi connectivity index (χ4v) is 7.92. The van der Waals surface area contributed by atoms with Crippen LogP contribution in [0.2, 0.25) is 0 Å². The zero-order chi connectivity index (χ0) is 20.6. The van der Waals surface area contributed by atoms with Gasteiger partial charge in [0.05, 0.1) is 24.0 Å². The van der Waals surface area contributed by atoms with E-state index in [2.05, 4.69) is 28.0 Å². The molecule has 4 bridgehead atoms. The Hall–Kier alpha value is -1.89. The molecule has 3 saturated heterocycles. The molecule has 2 N–H and O–H groups in total. The minimum Gasteiger partial charge on any atom is -0.469 e. The van der Waals surface area contributed by atoms with E-state index in [1.165, 1.54) is 12.7 Å². The molecule has 1 aromatic rings. The second-order valence-electron chi connectivity index (χ2n) is 8.98. The first-order chi connectivity index (χ1) is 14.0. The molecular weight excluding hydrogens is 368 g/mol. The van der Waals surface area contributed by atoms with Crippen LogP contribution in [-0.4, -0.2) is 66.7 Å². The first-order valence-electron chi connectivity index (χ1n) is 10.6. The van der Waals surface area contributed by atoms with Gasteiger partial charge >= 0.3 is 5.97 Å². The lowest BCUT2D eigenvalue weighted by Crippen LogP contribution is -2.76. The zero-order valence-electron chi connectivity index (χ0n) is 17.4. The standard InChI is InChI=1S/C23H30N2O4/c1-4-15-14-25-11-9-22-16-7-5-6-8-18(16)24(2)23(22,25)19(27)13-17(15)21(22,10-12-26)20(28)29-3/h4-8,17,19,26-27H,9-14H2,1-3H3/b15-4-/t17?,19-,21-,22?,23?/m1/s1. The molecule has 4 fully saturated rings. The number of fused-ring (bicyclic) bond motifs is 3. The number of hydrogen-bond donors (Lipinski definition) is 2. The average molecular weight is 399 g/mol. The zero-order valence-corrected chi connectivity index (χ0v) is 17.4. The summed E-state index contributed by atoms with van der Waals surface area (Å²) in [6, 6.07) is 8.23. The summed E-state index contributed by atoms with van der Waals surface area (Å²) in [5.41, 5.74) is 1.04. The maximum atomic E-state index is 13.7. The van der Waals surface area contributed by atoms with Gasteiger partial charge in [-0.3, -0.25) is 9.69 Å². The Labute approximate surface area is 171 Å². The molecule has 1 aliphatic carbocycles. The van der Waals surface area contributed by atoms with E-state index in [9.17, 15) is 15.0 Å². The number of aliphatic hydroxyl groups is 2. The number of benzene rings is 1. The summed E-state index contributed by atoms with van der Waals surface area (Å²) in [5.74, 6) is -0.430. The largest absolute Gasteiger partial charge is 0.469 e. The van der Waals surface area contributed by atoms with Gasteiger partial charge in [-0.15, -0.1) is 0 Å². The molecule has 1 spiro atoms. The number of carbonyl (C=O) groups excluding carboxylic acids is 1. The molecule has 156 valence electrons. The molecule has 4 heterocycles. The minimum atomic E-state index is -0.927. The highest BCUT2D eigenvalue weighted by Gasteiger charge is 2.83. The third-order valence-electron chi connectivity index (χ3n) is 8.63. The van der Waals surface area contributed by atoms with E-state index in [1.807, 2.05) is 26.1 Å². The van der Waals surface area contributed by atoms with Crippen LogP contribution in [0.15, 0.2) is 35.9 Å². The molecule has 4 unspecified atom stereocenters. The van der Waals surface area contributed by atoms with Gasteiger partial charge in [-0.2, -0.15) is 0 Å². The van der Waals surface area contributed by atoms with Gasteiger partial charge in [0.1, 0.15) is 5.66 Å². The van der Waals surface area contributed by atoms with Crippen molar-refractivity contribution in [1.82, 2.24) is 4.90 Å². The Morgan fingerprint density at radius 1 is 1.38 bits per heavy atom. The fraction of sp³-hybridized carbons (Fsp3) is 0.609. The van der Waals surface area contributed by atoms with Crippen molar-refractivity contribution in [3.05, 3.63) is 41.5 Å². The van der Waals surface area contributed by atoms with Gasteiger partial charge in [0.15, 0.2) is 0 Å². The summed E-state index contributed by atoms with van der Waals surface area (Å²) < 4.78 is 5.49. The second kappa shape index (κ2) is 6.06. The summed E-state index contributed by atoms with van der Waals surface area (Å²) in [6.45, 7) is 3.44. The summed E-state index contributed by atoms with van der Waals surface area (Å²) >= 11 is 0. The molecule has 29 heavy (non-hydrogen) atoms. The van der Waals surface area contributed by atoms with Crippen molar-refractivity contribution in [2.24, 2.45) is 11.3 Å². The van der Waals surface area contributed by atoms with Crippen molar-refractivity contribution < 1.29 is 19.7 Å². The van der Waals surface area contributed by atoms with Crippen LogP contribution in [0.3, 0.4) is 0 Å². The van der Waals surface area contributed by atoms with Crippen LogP contribution in [0, 0.1) is 11.3 Å². The van der Waals surface area contributed by atoms with Gasteiger partial charge in [0.2, 0.25) is 0 Å². The molecule has 5 aliphatic rings. The number of methoxy groups -OCH3 is 1. The van der Waals surface area contributed by atoms with Gasteiger partial charge in [-0.1, -0.05) is 29.8 Å². The third kappa shape index (κ3) is 1.75. The van der Waals surface area contributed by atoms with Crippen molar-refractivity contribution >= 4 is 11.7 Å². The number of aliphatic hydroxyl groups excluding tert-OH is 2. The van der Waals surface area contributed by atoms with Gasteiger partial charge in [-0.25, -0.2) is 0 Å². The van der Waals surface area contributed by atoms with Crippen molar-refractivity contribution in [2.75, 3.05) is 38.8 Å². The molecule has 6 rings (SSSR count). The van der Waals surface area contributed by atoms with Crippen molar-refractivity contribution in [3.8, 4) is 0 Å². The SMILES string of the molecule is C/C=C1/CN2CCC34c5ccccc5N(C)C23[C@H](O)CC1[C@]4(CCO)C(=O)OC. The van der Waals surface area contributed by atoms with E-state index in [-0.39, 0.29) is 18.5 Å². The lowest BCUT2D eigenvalue weighted by molar-refractivity contribution is -0.183. The molecule has 6 heteroatoms. The molecule has 0 aromatic heterocycles. The smallest absolute Gasteiger partial charge is 0.313 e. The monoisotopic (exact) mass is 398 g/mol. The number of hydrogen-bond acceptors (Lipinski definition) is 6. The van der Waals surface area contributed by atoms with Crippen LogP contribution >= 0.6 is 0 Å². The number of nitrogens with zero attached hydrogens (tertiary/aromatic N) is 2. The van der Waals surface area contributed by atoms with Crippen molar-refractivity contribution in [2.45, 2.75) is 43.4 Å². The Morgan fingerprint density at radius 2 is 2.14 bits per heavy atom. The van der Waals surface area contributed by atoms with E-state index < -0.39 is 22.6 Å². The Kier molecular flexibility index (Phi) is 3.99. The summed E-state index contributed by atoms with van der Waals surface area (Å²) in [5, 5.41) is 21.9. The molecule has 6 atom stereocenters. The molecule has 4 aliphatic heterocycles. The average Bonchev–Trinajstić information content (AvgIpc) is 3.13. The van der Waals surface area contributed by atoms with Gasteiger partial charge in [0, 0.05) is 38.3 Å². The van der Waals surface area contributed by atoms with E-state index in [0.717, 1.165) is 30.8 Å². The molecule has 1 saturated carbocycles. The van der Waals surface area contributed by atoms with E-state index in [1.54, 1.807) is 0 Å². The number of para-hydroxylation sites is 1. The first-order valence-corrected chi connectivity index (χ1v) is 10.6. The minimum absolute atomic E-state index is 0.0948. The second-order valence-corrected chi connectivity index (χ2v) is 8.98. The van der Waals surface area contributed by atoms with Gasteiger partial charge in [-0.05, 0) is 37.8 Å². The molecule has 0 amide bonds. The molecule has 6 nitrogen and oxygen atoms in total. The summed E-state index contributed by atoms with van der Waals surface area (Å²) in [7, 11) is 3.50. The number of allylic oxidation sites excluding steroid dienone is 1. The maximum Gasteiger partial charge on any atom is 0.313 e. The van der Waals surface area contributed by atoms with Crippen LogP contribution in [0.4, 0.5) is 5.69 Å². The Balaban J connectivity index is 1.95. The Bertz CT molecular complexity index is 901. The van der Waals surface area contributed by atoms with Crippen LogP contribution in [-0.2, 0) is 14.9 Å². The van der Waals surface area contributed by atoms with Crippen molar-refractivity contribution in [3.63, 3.8) is 0 Å². The number of carbonyl (C=O) groups is 1.